The molecule has 0 aliphatic rings. The average Bonchev–Trinajstić information content (AvgIpc) is 2.81. The van der Waals surface area contributed by atoms with Crippen molar-refractivity contribution in [2.75, 3.05) is 6.54 Å². The highest BCUT2D eigenvalue weighted by Gasteiger charge is 2.11. The lowest BCUT2D eigenvalue weighted by molar-refractivity contribution is 0.548. The van der Waals surface area contributed by atoms with Crippen LogP contribution in [-0.4, -0.2) is 17.2 Å². The predicted octanol–water partition coefficient (Wildman–Crippen LogP) is 4.25. The number of aromatic nitrogens is 1. The van der Waals surface area contributed by atoms with Crippen molar-refractivity contribution in [2.24, 2.45) is 7.05 Å². The molecule has 0 fully saturated rings. The van der Waals surface area contributed by atoms with Gasteiger partial charge in [0.05, 0.1) is 0 Å². The summed E-state index contributed by atoms with van der Waals surface area (Å²) in [7, 11) is 2.16. The normalized spacial score (nSPS) is 12.7. The van der Waals surface area contributed by atoms with Gasteiger partial charge in [0.2, 0.25) is 0 Å². The fraction of sp³-hybridized carbons (Fsp3) is 0.333. The van der Waals surface area contributed by atoms with Crippen molar-refractivity contribution >= 4 is 10.9 Å². The number of para-hydroxylation sites is 1. The summed E-state index contributed by atoms with van der Waals surface area (Å²) >= 11 is 0. The van der Waals surface area contributed by atoms with Crippen molar-refractivity contribution in [3.8, 4) is 0 Å². The summed E-state index contributed by atoms with van der Waals surface area (Å²) in [6.07, 6.45) is 2.15. The van der Waals surface area contributed by atoms with Gasteiger partial charge < -0.3 is 9.88 Å². The molecular formula is C21H26N2. The van der Waals surface area contributed by atoms with Crippen LogP contribution in [0.1, 0.15) is 23.7 Å². The van der Waals surface area contributed by atoms with Crippen LogP contribution in [0.5, 0.6) is 0 Å². The van der Waals surface area contributed by atoms with Gasteiger partial charge in [0.1, 0.15) is 0 Å². The van der Waals surface area contributed by atoms with Crippen LogP contribution in [-0.2, 0) is 19.9 Å². The Morgan fingerprint density at radius 3 is 2.48 bits per heavy atom. The first kappa shape index (κ1) is 15.8. The number of benzene rings is 2. The van der Waals surface area contributed by atoms with Gasteiger partial charge in [0.15, 0.2) is 0 Å². The molecule has 0 bridgehead atoms. The minimum atomic E-state index is 0.493. The second-order valence-corrected chi connectivity index (χ2v) is 6.44. The van der Waals surface area contributed by atoms with Crippen molar-refractivity contribution in [1.82, 2.24) is 9.88 Å². The summed E-state index contributed by atoms with van der Waals surface area (Å²) in [6.45, 7) is 5.51. The quantitative estimate of drug-likeness (QED) is 0.720. The van der Waals surface area contributed by atoms with Gasteiger partial charge in [0, 0.05) is 29.7 Å². The van der Waals surface area contributed by atoms with E-state index < -0.39 is 0 Å². The molecule has 23 heavy (non-hydrogen) atoms. The zero-order chi connectivity index (χ0) is 16.2. The molecule has 1 atom stereocenters. The molecule has 0 spiro atoms. The van der Waals surface area contributed by atoms with Crippen molar-refractivity contribution < 1.29 is 0 Å². The van der Waals surface area contributed by atoms with E-state index in [1.165, 1.54) is 27.7 Å². The number of hydrogen-bond acceptors (Lipinski definition) is 1. The molecule has 3 aromatic rings. The lowest BCUT2D eigenvalue weighted by Gasteiger charge is -2.14. The number of nitrogens with zero attached hydrogens (tertiary/aromatic N) is 1. The minimum absolute atomic E-state index is 0.493. The van der Waals surface area contributed by atoms with E-state index in [2.05, 4.69) is 85.4 Å². The highest BCUT2D eigenvalue weighted by atomic mass is 14.9. The van der Waals surface area contributed by atoms with Crippen molar-refractivity contribution in [3.63, 3.8) is 0 Å². The summed E-state index contributed by atoms with van der Waals surface area (Å²) < 4.78 is 2.30. The SMILES string of the molecule is Cc1c(CCNC(C)Cc2ccccc2)c2ccccc2n1C. The van der Waals surface area contributed by atoms with E-state index in [-0.39, 0.29) is 0 Å². The van der Waals surface area contributed by atoms with Gasteiger partial charge in [-0.3, -0.25) is 0 Å². The van der Waals surface area contributed by atoms with Crippen LogP contribution in [0.15, 0.2) is 54.6 Å². The number of aryl methyl sites for hydroxylation is 1. The van der Waals surface area contributed by atoms with Crippen LogP contribution < -0.4 is 5.32 Å². The molecule has 0 saturated heterocycles. The molecule has 2 heteroatoms. The molecule has 1 aromatic heterocycles. The predicted molar refractivity (Wildman–Crippen MR) is 99.0 cm³/mol. The zero-order valence-electron chi connectivity index (χ0n) is 14.3. The topological polar surface area (TPSA) is 17.0 Å². The Balaban J connectivity index is 1.62. The fourth-order valence-electron chi connectivity index (χ4n) is 3.40. The molecule has 0 aliphatic heterocycles. The fourth-order valence-corrected chi connectivity index (χ4v) is 3.40. The van der Waals surface area contributed by atoms with Crippen LogP contribution in [0.2, 0.25) is 0 Å². The monoisotopic (exact) mass is 306 g/mol. The average molecular weight is 306 g/mol. The minimum Gasteiger partial charge on any atom is -0.348 e. The van der Waals surface area contributed by atoms with Gasteiger partial charge in [-0.2, -0.15) is 0 Å². The second-order valence-electron chi connectivity index (χ2n) is 6.44. The first-order valence-corrected chi connectivity index (χ1v) is 8.47. The van der Waals surface area contributed by atoms with E-state index >= 15 is 0 Å². The third-order valence-corrected chi connectivity index (χ3v) is 4.78. The maximum Gasteiger partial charge on any atom is 0.0482 e. The molecule has 0 radical (unpaired) electrons. The Bertz CT molecular complexity index is 771. The van der Waals surface area contributed by atoms with E-state index in [0.717, 1.165) is 19.4 Å². The summed E-state index contributed by atoms with van der Waals surface area (Å²) in [5.74, 6) is 0. The van der Waals surface area contributed by atoms with Gasteiger partial charge in [-0.1, -0.05) is 48.5 Å². The molecule has 1 N–H and O–H groups in total. The van der Waals surface area contributed by atoms with Gasteiger partial charge in [-0.05, 0) is 50.4 Å². The first-order valence-electron chi connectivity index (χ1n) is 8.47. The maximum absolute atomic E-state index is 3.67. The molecule has 0 amide bonds. The summed E-state index contributed by atoms with van der Waals surface area (Å²) in [5.41, 5.74) is 5.58. The van der Waals surface area contributed by atoms with E-state index in [9.17, 15) is 0 Å². The second kappa shape index (κ2) is 7.01. The maximum atomic E-state index is 3.67. The summed E-state index contributed by atoms with van der Waals surface area (Å²) in [6, 6.07) is 19.9. The van der Waals surface area contributed by atoms with Crippen LogP contribution in [0.3, 0.4) is 0 Å². The van der Waals surface area contributed by atoms with Crippen LogP contribution in [0, 0.1) is 6.92 Å². The van der Waals surface area contributed by atoms with Crippen LogP contribution >= 0.6 is 0 Å². The molecule has 2 aromatic carbocycles. The first-order chi connectivity index (χ1) is 11.2. The van der Waals surface area contributed by atoms with E-state index in [0.29, 0.717) is 6.04 Å². The van der Waals surface area contributed by atoms with Crippen molar-refractivity contribution in [1.29, 1.82) is 0 Å². The number of nitrogens with one attached hydrogen (secondary N) is 1. The molecule has 1 heterocycles. The largest absolute Gasteiger partial charge is 0.348 e. The zero-order valence-corrected chi connectivity index (χ0v) is 14.3. The molecule has 120 valence electrons. The van der Waals surface area contributed by atoms with E-state index in [4.69, 9.17) is 0 Å². The number of fused-ring (bicyclic) bond motifs is 1. The third-order valence-electron chi connectivity index (χ3n) is 4.78. The van der Waals surface area contributed by atoms with Gasteiger partial charge in [-0.25, -0.2) is 0 Å². The van der Waals surface area contributed by atoms with Crippen molar-refractivity contribution in [2.45, 2.75) is 32.7 Å². The van der Waals surface area contributed by atoms with Crippen LogP contribution in [0.4, 0.5) is 0 Å². The Hall–Kier alpha value is -2.06. The summed E-state index contributed by atoms with van der Waals surface area (Å²) in [4.78, 5) is 0. The Labute approximate surface area is 139 Å². The highest BCUT2D eigenvalue weighted by Crippen LogP contribution is 2.24. The van der Waals surface area contributed by atoms with E-state index in [1.54, 1.807) is 0 Å². The number of hydrogen-bond donors (Lipinski definition) is 1. The molecule has 3 rings (SSSR count). The molecule has 1 unspecified atom stereocenters. The summed E-state index contributed by atoms with van der Waals surface area (Å²) in [5, 5.41) is 5.07. The smallest absolute Gasteiger partial charge is 0.0482 e. The Morgan fingerprint density at radius 1 is 1.00 bits per heavy atom. The highest BCUT2D eigenvalue weighted by molar-refractivity contribution is 5.85. The molecule has 0 aliphatic carbocycles. The van der Waals surface area contributed by atoms with Gasteiger partial charge in [-0.15, -0.1) is 0 Å². The Kier molecular flexibility index (Phi) is 4.82. The van der Waals surface area contributed by atoms with Gasteiger partial charge in [0.25, 0.3) is 0 Å². The molecule has 0 saturated carbocycles. The van der Waals surface area contributed by atoms with Crippen LogP contribution in [0.25, 0.3) is 10.9 Å². The molecule has 2 nitrogen and oxygen atoms in total. The van der Waals surface area contributed by atoms with Crippen molar-refractivity contribution in [3.05, 3.63) is 71.4 Å². The lowest BCUT2D eigenvalue weighted by Crippen LogP contribution is -2.30. The third kappa shape index (κ3) is 3.48. The lowest BCUT2D eigenvalue weighted by atomic mass is 10.1. The molecular weight excluding hydrogens is 280 g/mol. The standard InChI is InChI=1S/C21H26N2/c1-16(15-18-9-5-4-6-10-18)22-14-13-19-17(2)23(3)21-12-8-7-11-20(19)21/h4-12,16,22H,13-15H2,1-3H3. The van der Waals surface area contributed by atoms with Gasteiger partial charge >= 0.3 is 0 Å². The number of rotatable bonds is 6. The van der Waals surface area contributed by atoms with E-state index in [1.807, 2.05) is 0 Å². The Morgan fingerprint density at radius 2 is 1.70 bits per heavy atom.